The second-order valence-corrected chi connectivity index (χ2v) is 14.3. The van der Waals surface area contributed by atoms with Gasteiger partial charge in [0, 0.05) is 12.5 Å². The number of rotatable bonds is 6. The van der Waals surface area contributed by atoms with Gasteiger partial charge >= 0.3 is 6.36 Å². The Morgan fingerprint density at radius 1 is 1.10 bits per heavy atom. The van der Waals surface area contributed by atoms with E-state index in [1.54, 1.807) is 6.08 Å². The lowest BCUT2D eigenvalue weighted by Crippen LogP contribution is -2.49. The molecule has 1 aromatic carbocycles. The van der Waals surface area contributed by atoms with E-state index in [1.807, 2.05) is 10.8 Å². The largest absolute Gasteiger partial charge is 0.573 e. The lowest BCUT2D eigenvalue weighted by molar-refractivity contribution is -0.274. The van der Waals surface area contributed by atoms with Gasteiger partial charge in [-0.1, -0.05) is 39.0 Å². The average Bonchev–Trinajstić information content (AvgIpc) is 3.24. The van der Waals surface area contributed by atoms with E-state index in [1.165, 1.54) is 11.6 Å². The summed E-state index contributed by atoms with van der Waals surface area (Å²) in [7, 11) is -4.27. The highest BCUT2D eigenvalue weighted by Gasteiger charge is 2.58. The number of fused-ring (bicyclic) bond motifs is 5. The summed E-state index contributed by atoms with van der Waals surface area (Å²) in [6, 6.07) is 3.65. The minimum absolute atomic E-state index is 0.0352. The number of halogens is 3. The Kier molecular flexibility index (Phi) is 7.54. The molecule has 41 heavy (non-hydrogen) atoms. The van der Waals surface area contributed by atoms with Gasteiger partial charge in [0.15, 0.2) is 5.78 Å². The van der Waals surface area contributed by atoms with Crippen LogP contribution in [-0.4, -0.2) is 26.5 Å². The summed E-state index contributed by atoms with van der Waals surface area (Å²) in [6.45, 7) is 6.75. The fraction of sp³-hybridized carbons (Fsp3) is 0.548. The maximum Gasteiger partial charge on any atom is 0.573 e. The minimum Gasteiger partial charge on any atom is -0.406 e. The van der Waals surface area contributed by atoms with Crippen molar-refractivity contribution in [3.8, 4) is 5.75 Å². The zero-order chi connectivity index (χ0) is 29.8. The van der Waals surface area contributed by atoms with E-state index in [0.717, 1.165) is 56.4 Å². The van der Waals surface area contributed by atoms with E-state index in [4.69, 9.17) is 0 Å². The molecule has 10 heteroatoms. The van der Waals surface area contributed by atoms with Crippen LogP contribution in [0.3, 0.4) is 0 Å². The number of ether oxygens (including phenoxy) is 1. The van der Waals surface area contributed by atoms with Crippen molar-refractivity contribution in [2.75, 3.05) is 0 Å². The van der Waals surface area contributed by atoms with Crippen LogP contribution in [0.25, 0.3) is 0 Å². The molecule has 1 aromatic rings. The molecule has 222 valence electrons. The zero-order valence-electron chi connectivity index (χ0n) is 23.4. The van der Waals surface area contributed by atoms with Crippen molar-refractivity contribution < 1.29 is 35.9 Å². The molecule has 0 bridgehead atoms. The number of carbonyl (C=O) groups excluding carboxylic acids is 2. The highest BCUT2D eigenvalue weighted by atomic mass is 32.2. The predicted octanol–water partition coefficient (Wildman–Crippen LogP) is 6.51. The normalized spacial score (nSPS) is 33.9. The molecule has 4 aliphatic carbocycles. The molecular weight excluding hydrogens is 555 g/mol. The van der Waals surface area contributed by atoms with Crippen LogP contribution < -0.4 is 9.46 Å². The van der Waals surface area contributed by atoms with Crippen molar-refractivity contribution in [1.82, 2.24) is 4.72 Å². The third-order valence-electron chi connectivity index (χ3n) is 10.4. The van der Waals surface area contributed by atoms with E-state index in [0.29, 0.717) is 30.1 Å². The molecular formula is C31H36F3NO5S. The topological polar surface area (TPSA) is 89.5 Å². The third-order valence-corrected chi connectivity index (χ3v) is 11.7. The van der Waals surface area contributed by atoms with Gasteiger partial charge in [-0.25, -0.2) is 13.1 Å². The number of hydrogen-bond acceptors (Lipinski definition) is 5. The number of hydrogen-bond donors (Lipinski definition) is 1. The number of alkyl halides is 3. The number of allylic oxidation sites excluding steroid dienone is 5. The zero-order valence-corrected chi connectivity index (χ0v) is 24.2. The van der Waals surface area contributed by atoms with Gasteiger partial charge in [0.05, 0.1) is 4.90 Å². The Morgan fingerprint density at radius 2 is 1.80 bits per heavy atom. The number of benzene rings is 1. The molecule has 0 heterocycles. The molecule has 0 aliphatic heterocycles. The van der Waals surface area contributed by atoms with Crippen LogP contribution in [0, 0.1) is 40.4 Å². The predicted molar refractivity (Wildman–Crippen MR) is 147 cm³/mol. The lowest BCUT2D eigenvalue weighted by Gasteiger charge is -2.56. The first kappa shape index (κ1) is 29.6. The van der Waals surface area contributed by atoms with Crippen molar-refractivity contribution in [1.29, 1.82) is 0 Å². The minimum atomic E-state index is -4.89. The van der Waals surface area contributed by atoms with E-state index in [2.05, 4.69) is 37.7 Å². The smallest absolute Gasteiger partial charge is 0.406 e. The quantitative estimate of drug-likeness (QED) is 0.381. The third kappa shape index (κ3) is 5.64. The number of carbonyl (C=O) groups is 2. The van der Waals surface area contributed by atoms with Gasteiger partial charge in [0.2, 0.25) is 0 Å². The summed E-state index contributed by atoms with van der Waals surface area (Å²) >= 11 is 0. The summed E-state index contributed by atoms with van der Waals surface area (Å²) < 4.78 is 68.0. The summed E-state index contributed by atoms with van der Waals surface area (Å²) in [5.41, 5.74) is 1.30. The summed E-state index contributed by atoms with van der Waals surface area (Å²) in [6.07, 6.45) is 10.3. The van der Waals surface area contributed by atoms with Crippen LogP contribution in [0.2, 0.25) is 0 Å². The van der Waals surface area contributed by atoms with Gasteiger partial charge in [-0.3, -0.25) is 9.59 Å². The van der Waals surface area contributed by atoms with E-state index in [9.17, 15) is 31.2 Å². The van der Waals surface area contributed by atoms with Gasteiger partial charge in [0.25, 0.3) is 15.9 Å². The van der Waals surface area contributed by atoms with Crippen molar-refractivity contribution in [2.24, 2.45) is 40.4 Å². The summed E-state index contributed by atoms with van der Waals surface area (Å²) in [4.78, 5) is 24.3. The molecule has 0 unspecified atom stereocenters. The highest BCUT2D eigenvalue weighted by molar-refractivity contribution is 7.90. The van der Waals surface area contributed by atoms with Crippen molar-refractivity contribution in [3.05, 3.63) is 60.2 Å². The lowest BCUT2D eigenvalue weighted by atomic mass is 9.48. The fourth-order valence-corrected chi connectivity index (χ4v) is 9.27. The molecule has 4 aliphatic rings. The van der Waals surface area contributed by atoms with Crippen molar-refractivity contribution in [2.45, 2.75) is 70.6 Å². The molecule has 0 spiro atoms. The fourth-order valence-electron chi connectivity index (χ4n) is 8.32. The van der Waals surface area contributed by atoms with Gasteiger partial charge < -0.3 is 4.74 Å². The second kappa shape index (κ2) is 10.4. The molecule has 2 saturated carbocycles. The summed E-state index contributed by atoms with van der Waals surface area (Å²) in [5, 5.41) is 0. The van der Waals surface area contributed by atoms with Crippen molar-refractivity contribution in [3.63, 3.8) is 0 Å². The van der Waals surface area contributed by atoms with Crippen LogP contribution in [0.4, 0.5) is 13.2 Å². The second-order valence-electron chi connectivity index (χ2n) is 12.6. The number of sulfonamides is 1. The molecule has 0 radical (unpaired) electrons. The highest BCUT2D eigenvalue weighted by Crippen LogP contribution is 2.66. The molecule has 6 nitrogen and oxygen atoms in total. The Bertz CT molecular complexity index is 1410. The van der Waals surface area contributed by atoms with Crippen LogP contribution in [0.15, 0.2) is 65.1 Å². The first-order valence-electron chi connectivity index (χ1n) is 14.2. The Labute approximate surface area is 239 Å². The first-order valence-corrected chi connectivity index (χ1v) is 15.6. The molecule has 0 aromatic heterocycles. The molecule has 1 N–H and O–H groups in total. The SMILES string of the molecule is C[C@H](/C=C/C(=O)NS(=O)(=O)c1ccc(OC(F)(F)F)cc1)[C@H]1CC[C@H]2[C@@H]3C=CC4=CC(=O)CC[C@]4(C)[C@H]3CC[C@]12C. The van der Waals surface area contributed by atoms with Crippen LogP contribution in [0.5, 0.6) is 5.75 Å². The van der Waals surface area contributed by atoms with Crippen molar-refractivity contribution >= 4 is 21.7 Å². The molecule has 2 fully saturated rings. The number of nitrogens with one attached hydrogen (secondary N) is 1. The molecule has 1 amide bonds. The van der Waals surface area contributed by atoms with E-state index < -0.39 is 28.0 Å². The first-order chi connectivity index (χ1) is 19.1. The molecule has 5 rings (SSSR count). The monoisotopic (exact) mass is 591 g/mol. The van der Waals surface area contributed by atoms with Gasteiger partial charge in [-0.05, 0) is 108 Å². The standard InChI is InChI=1S/C31H36F3NO5S/c1-19(4-13-28(37)35-41(38,39)23-8-6-22(7-9-23)40-31(32,33)34)25-11-12-26-24-10-5-20-18-21(36)14-16-29(20,2)27(24)15-17-30(25,26)3/h4-10,13,18-19,24-27H,11-12,14-17H2,1-3H3,(H,35,37)/b13-4+/t19-,24+,25-,26+,27+,29+,30-/m1/s1. The number of ketones is 1. The molecule has 7 atom stereocenters. The number of amides is 1. The Morgan fingerprint density at radius 3 is 2.49 bits per heavy atom. The van der Waals surface area contributed by atoms with Gasteiger partial charge in [-0.15, -0.1) is 13.2 Å². The maximum absolute atomic E-state index is 12.6. The average molecular weight is 592 g/mol. The Hall–Kier alpha value is -2.88. The molecule has 0 saturated heterocycles. The Balaban J connectivity index is 1.24. The van der Waals surface area contributed by atoms with Gasteiger partial charge in [0.1, 0.15) is 5.75 Å². The van der Waals surface area contributed by atoms with Crippen LogP contribution >= 0.6 is 0 Å². The van der Waals surface area contributed by atoms with E-state index >= 15 is 0 Å². The van der Waals surface area contributed by atoms with Crippen LogP contribution in [0.1, 0.15) is 59.3 Å². The maximum atomic E-state index is 12.6. The van der Waals surface area contributed by atoms with Crippen LogP contribution in [-0.2, 0) is 19.6 Å². The summed E-state index contributed by atoms with van der Waals surface area (Å²) in [5.74, 6) is 0.691. The van der Waals surface area contributed by atoms with Gasteiger partial charge in [-0.2, -0.15) is 0 Å². The van der Waals surface area contributed by atoms with E-state index in [-0.39, 0.29) is 27.4 Å².